The first-order valence-corrected chi connectivity index (χ1v) is 11.2. The van der Waals surface area contributed by atoms with Gasteiger partial charge in [0.15, 0.2) is 11.5 Å². The molecule has 0 spiro atoms. The minimum absolute atomic E-state index is 0.00521. The van der Waals surface area contributed by atoms with Crippen LogP contribution in [0, 0.1) is 0 Å². The van der Waals surface area contributed by atoms with Crippen molar-refractivity contribution in [3.05, 3.63) is 83.5 Å². The molecule has 0 unspecified atom stereocenters. The van der Waals surface area contributed by atoms with Gasteiger partial charge in [0, 0.05) is 36.6 Å². The van der Waals surface area contributed by atoms with Gasteiger partial charge < -0.3 is 11.1 Å². The largest absolute Gasteiger partial charge is 0.382 e. The van der Waals surface area contributed by atoms with Crippen LogP contribution in [0.15, 0.2) is 67.1 Å². The van der Waals surface area contributed by atoms with E-state index in [1.54, 1.807) is 23.0 Å². The number of amides is 1. The SMILES string of the molecule is C[C@@H](NC(=O)c1nc(-c2ccc3ncccc3c2)c(-c2ccn(C)n2)nc1N)c1ccc(Cl)cn1. The molecule has 1 atom stereocenters. The third-order valence-electron chi connectivity index (χ3n) is 5.51. The van der Waals surface area contributed by atoms with Crippen LogP contribution in [0.2, 0.25) is 5.02 Å². The highest BCUT2D eigenvalue weighted by Crippen LogP contribution is 2.31. The molecule has 4 aromatic heterocycles. The van der Waals surface area contributed by atoms with Crippen molar-refractivity contribution in [3.63, 3.8) is 0 Å². The van der Waals surface area contributed by atoms with Gasteiger partial charge in [-0.15, -0.1) is 0 Å². The smallest absolute Gasteiger partial charge is 0.274 e. The van der Waals surface area contributed by atoms with Crippen LogP contribution < -0.4 is 11.1 Å². The van der Waals surface area contributed by atoms with Gasteiger partial charge in [-0.2, -0.15) is 5.10 Å². The molecule has 1 aromatic carbocycles. The summed E-state index contributed by atoms with van der Waals surface area (Å²) in [5, 5.41) is 8.81. The molecular formula is C25H21ClN8O. The van der Waals surface area contributed by atoms with Crippen molar-refractivity contribution in [2.75, 3.05) is 5.73 Å². The number of fused-ring (bicyclic) bond motifs is 1. The lowest BCUT2D eigenvalue weighted by Gasteiger charge is -2.15. The van der Waals surface area contributed by atoms with E-state index >= 15 is 0 Å². The summed E-state index contributed by atoms with van der Waals surface area (Å²) >= 11 is 5.92. The maximum atomic E-state index is 13.2. The van der Waals surface area contributed by atoms with Crippen molar-refractivity contribution in [2.45, 2.75) is 13.0 Å². The molecule has 10 heteroatoms. The number of nitrogens with one attached hydrogen (secondary N) is 1. The predicted octanol–water partition coefficient (Wildman–Crippen LogP) is 4.21. The van der Waals surface area contributed by atoms with E-state index in [9.17, 15) is 4.79 Å². The van der Waals surface area contributed by atoms with Crippen LogP contribution >= 0.6 is 11.6 Å². The zero-order valence-electron chi connectivity index (χ0n) is 19.0. The molecule has 4 heterocycles. The van der Waals surface area contributed by atoms with E-state index in [-0.39, 0.29) is 11.5 Å². The fourth-order valence-corrected chi connectivity index (χ4v) is 3.85. The number of aromatic nitrogens is 6. The van der Waals surface area contributed by atoms with Gasteiger partial charge in [-0.3, -0.25) is 19.4 Å². The second kappa shape index (κ2) is 9.11. The summed E-state index contributed by atoms with van der Waals surface area (Å²) < 4.78 is 1.67. The van der Waals surface area contributed by atoms with Gasteiger partial charge >= 0.3 is 0 Å². The van der Waals surface area contributed by atoms with Gasteiger partial charge in [0.05, 0.1) is 28.0 Å². The number of halogens is 1. The van der Waals surface area contributed by atoms with E-state index in [1.807, 2.05) is 56.6 Å². The van der Waals surface area contributed by atoms with E-state index in [4.69, 9.17) is 17.3 Å². The van der Waals surface area contributed by atoms with Crippen LogP contribution in [0.5, 0.6) is 0 Å². The monoisotopic (exact) mass is 484 g/mol. The fourth-order valence-electron chi connectivity index (χ4n) is 3.74. The lowest BCUT2D eigenvalue weighted by Crippen LogP contribution is -2.29. The number of aryl methyl sites for hydroxylation is 1. The normalized spacial score (nSPS) is 12.0. The molecule has 0 bridgehead atoms. The highest BCUT2D eigenvalue weighted by molar-refractivity contribution is 6.30. The van der Waals surface area contributed by atoms with Gasteiger partial charge in [-0.1, -0.05) is 23.7 Å². The summed E-state index contributed by atoms with van der Waals surface area (Å²) in [6.07, 6.45) is 5.08. The molecular weight excluding hydrogens is 464 g/mol. The third kappa shape index (κ3) is 4.53. The van der Waals surface area contributed by atoms with E-state index in [0.29, 0.717) is 27.8 Å². The Hall–Kier alpha value is -4.37. The van der Waals surface area contributed by atoms with Gasteiger partial charge in [0.1, 0.15) is 11.4 Å². The number of rotatable bonds is 5. The Morgan fingerprint density at radius 1 is 1.09 bits per heavy atom. The molecule has 5 aromatic rings. The van der Waals surface area contributed by atoms with Crippen LogP contribution in [0.25, 0.3) is 33.5 Å². The average molecular weight is 485 g/mol. The lowest BCUT2D eigenvalue weighted by atomic mass is 10.0. The summed E-state index contributed by atoms with van der Waals surface area (Å²) in [5.41, 5.74) is 10.1. The van der Waals surface area contributed by atoms with Crippen LogP contribution in [-0.4, -0.2) is 35.6 Å². The molecule has 0 aliphatic heterocycles. The van der Waals surface area contributed by atoms with Crippen molar-refractivity contribution < 1.29 is 4.79 Å². The molecule has 174 valence electrons. The quantitative estimate of drug-likeness (QED) is 0.382. The fraction of sp³-hybridized carbons (Fsp3) is 0.120. The molecule has 0 aliphatic rings. The third-order valence-corrected chi connectivity index (χ3v) is 5.74. The number of pyridine rings is 2. The second-order valence-electron chi connectivity index (χ2n) is 8.04. The number of hydrogen-bond acceptors (Lipinski definition) is 7. The molecule has 0 saturated heterocycles. The van der Waals surface area contributed by atoms with Crippen LogP contribution in [0.1, 0.15) is 29.1 Å². The Labute approximate surface area is 206 Å². The molecule has 0 fully saturated rings. The van der Waals surface area contributed by atoms with E-state index in [1.165, 1.54) is 6.20 Å². The van der Waals surface area contributed by atoms with Gasteiger partial charge in [-0.05, 0) is 43.3 Å². The number of nitrogens with two attached hydrogens (primary N) is 1. The Morgan fingerprint density at radius 2 is 1.94 bits per heavy atom. The molecule has 35 heavy (non-hydrogen) atoms. The molecule has 0 saturated carbocycles. The maximum Gasteiger partial charge on any atom is 0.274 e. The van der Waals surface area contributed by atoms with Gasteiger partial charge in [0.25, 0.3) is 5.91 Å². The first-order valence-electron chi connectivity index (χ1n) is 10.8. The number of carbonyl (C=O) groups excluding carboxylic acids is 1. The number of nitrogens with zero attached hydrogens (tertiary/aromatic N) is 6. The Morgan fingerprint density at radius 3 is 2.69 bits per heavy atom. The van der Waals surface area contributed by atoms with Gasteiger partial charge in [-0.25, -0.2) is 9.97 Å². The number of anilines is 1. The van der Waals surface area contributed by atoms with Crippen molar-refractivity contribution >= 4 is 34.2 Å². The summed E-state index contributed by atoms with van der Waals surface area (Å²) in [6.45, 7) is 1.82. The Balaban J connectivity index is 1.58. The average Bonchev–Trinajstić information content (AvgIpc) is 3.30. The Kier molecular flexibility index (Phi) is 5.84. The topological polar surface area (TPSA) is 124 Å². The van der Waals surface area contributed by atoms with E-state index in [2.05, 4.69) is 30.4 Å². The summed E-state index contributed by atoms with van der Waals surface area (Å²) in [7, 11) is 1.82. The molecule has 0 radical (unpaired) electrons. The minimum atomic E-state index is -0.462. The summed E-state index contributed by atoms with van der Waals surface area (Å²) in [4.78, 5) is 31.1. The van der Waals surface area contributed by atoms with E-state index in [0.717, 1.165) is 16.5 Å². The molecule has 5 rings (SSSR count). The van der Waals surface area contributed by atoms with Crippen LogP contribution in [-0.2, 0) is 7.05 Å². The number of benzene rings is 1. The van der Waals surface area contributed by atoms with Crippen LogP contribution in [0.4, 0.5) is 5.82 Å². The Bertz CT molecular complexity index is 1550. The first-order chi connectivity index (χ1) is 16.9. The van der Waals surface area contributed by atoms with E-state index < -0.39 is 11.9 Å². The highest BCUT2D eigenvalue weighted by Gasteiger charge is 2.23. The first kappa shape index (κ1) is 22.4. The summed E-state index contributed by atoms with van der Waals surface area (Å²) in [6, 6.07) is 14.5. The zero-order chi connectivity index (χ0) is 24.5. The van der Waals surface area contributed by atoms with Crippen molar-refractivity contribution in [1.82, 2.24) is 35.0 Å². The number of carbonyl (C=O) groups is 1. The second-order valence-corrected chi connectivity index (χ2v) is 8.47. The summed E-state index contributed by atoms with van der Waals surface area (Å²) in [5.74, 6) is -0.457. The number of nitrogen functional groups attached to an aromatic ring is 1. The van der Waals surface area contributed by atoms with Crippen molar-refractivity contribution in [1.29, 1.82) is 0 Å². The zero-order valence-corrected chi connectivity index (χ0v) is 19.7. The molecule has 3 N–H and O–H groups in total. The predicted molar refractivity (Wildman–Crippen MR) is 135 cm³/mol. The molecule has 9 nitrogen and oxygen atoms in total. The van der Waals surface area contributed by atoms with Crippen molar-refractivity contribution in [3.8, 4) is 22.6 Å². The van der Waals surface area contributed by atoms with Crippen molar-refractivity contribution in [2.24, 2.45) is 7.05 Å². The maximum absolute atomic E-state index is 13.2. The van der Waals surface area contributed by atoms with Crippen LogP contribution in [0.3, 0.4) is 0 Å². The highest BCUT2D eigenvalue weighted by atomic mass is 35.5. The van der Waals surface area contributed by atoms with Gasteiger partial charge in [0.2, 0.25) is 0 Å². The number of hydrogen-bond donors (Lipinski definition) is 2. The molecule has 0 aliphatic carbocycles. The minimum Gasteiger partial charge on any atom is -0.382 e. The lowest BCUT2D eigenvalue weighted by molar-refractivity contribution is 0.0935. The standard InChI is InChI=1S/C25H21ClN8O/c1-14(18-8-6-17(26)13-29-18)30-25(35)23-24(27)32-22(20-9-11-34(2)33-20)21(31-23)16-5-7-19-15(12-16)4-3-10-28-19/h3-14H,1-2H3,(H2,27,32)(H,30,35)/t14-/m1/s1. The molecule has 1 amide bonds.